The third-order valence-electron chi connectivity index (χ3n) is 7.24. The Hall–Kier alpha value is -6.61. The number of anilines is 4. The van der Waals surface area contributed by atoms with Gasteiger partial charge in [-0.2, -0.15) is 33.4 Å². The topological polar surface area (TPSA) is 221 Å². The average Bonchev–Trinajstić information content (AvgIpc) is 3.89. The second kappa shape index (κ2) is 15.5. The minimum Gasteiger partial charge on any atom is -0.477 e. The summed E-state index contributed by atoms with van der Waals surface area (Å²) in [6.07, 6.45) is -3.29. The number of carbonyl (C=O) groups excluding carboxylic acids is 3. The predicted octanol–water partition coefficient (Wildman–Crippen LogP) is 4.60. The number of carboxylic acid groups (broad SMARTS) is 1. The first-order chi connectivity index (χ1) is 24.7. The van der Waals surface area contributed by atoms with Crippen LogP contribution in [0.2, 0.25) is 5.02 Å². The first-order valence-electron chi connectivity index (χ1n) is 15.0. The molecule has 1 saturated carbocycles. The van der Waals surface area contributed by atoms with Crippen molar-refractivity contribution in [2.75, 3.05) is 29.1 Å². The van der Waals surface area contributed by atoms with Crippen LogP contribution in [-0.4, -0.2) is 68.8 Å². The first-order valence-corrected chi connectivity index (χ1v) is 15.4. The van der Waals surface area contributed by atoms with E-state index in [1.807, 2.05) is 18.2 Å². The molecular weight excluding hydrogens is 711 g/mol. The van der Waals surface area contributed by atoms with Crippen LogP contribution in [0.4, 0.5) is 36.4 Å². The molecule has 1 heterocycles. The van der Waals surface area contributed by atoms with E-state index in [1.54, 1.807) is 12.1 Å². The van der Waals surface area contributed by atoms with Crippen LogP contribution in [0.3, 0.4) is 0 Å². The lowest BCUT2D eigenvalue weighted by atomic mass is 10.1. The van der Waals surface area contributed by atoms with E-state index in [9.17, 15) is 37.5 Å². The number of alkyl halides is 3. The van der Waals surface area contributed by atoms with Gasteiger partial charge in [0.05, 0.1) is 23.7 Å². The third kappa shape index (κ3) is 9.98. The molecule has 0 atom stereocenters. The van der Waals surface area contributed by atoms with Gasteiger partial charge < -0.3 is 31.1 Å². The van der Waals surface area contributed by atoms with Gasteiger partial charge in [0.15, 0.2) is 6.61 Å². The Kier molecular flexibility index (Phi) is 10.9. The summed E-state index contributed by atoms with van der Waals surface area (Å²) in [5, 5.41) is 29.2. The summed E-state index contributed by atoms with van der Waals surface area (Å²) in [6.45, 7) is -2.42. The third-order valence-corrected chi connectivity index (χ3v) is 7.50. The van der Waals surface area contributed by atoms with E-state index in [0.29, 0.717) is 23.4 Å². The van der Waals surface area contributed by atoms with Crippen molar-refractivity contribution in [3.63, 3.8) is 0 Å². The number of nitrogens with zero attached hydrogens (tertiary/aromatic N) is 5. The van der Waals surface area contributed by atoms with Crippen molar-refractivity contribution in [3.8, 4) is 12.1 Å². The number of aliphatic imine (C=N–C) groups is 1. The zero-order valence-corrected chi connectivity index (χ0v) is 27.2. The molecule has 266 valence electrons. The molecule has 0 unspecified atom stereocenters. The molecule has 0 saturated heterocycles. The lowest BCUT2D eigenvalue weighted by molar-refractivity contribution is -0.154. The average molecular weight is 736 g/mol. The van der Waals surface area contributed by atoms with Gasteiger partial charge in [-0.3, -0.25) is 14.4 Å². The maximum Gasteiger partial charge on any atom is 0.422 e. The number of amides is 3. The fourth-order valence-electron chi connectivity index (χ4n) is 4.51. The number of ether oxygens (including phenoxy) is 1. The normalized spacial score (nSPS) is 13.2. The van der Waals surface area contributed by atoms with Gasteiger partial charge in [0.1, 0.15) is 5.71 Å². The summed E-state index contributed by atoms with van der Waals surface area (Å²) >= 11 is 6.00. The monoisotopic (exact) mass is 735 g/mol. The fraction of sp³-hybridized carbons (Fsp3) is 0.182. The molecule has 1 aliphatic carbocycles. The first kappa shape index (κ1) is 36.7. The number of hydrogen-bond donors (Lipinski definition) is 5. The second-order valence-corrected chi connectivity index (χ2v) is 11.5. The van der Waals surface area contributed by atoms with E-state index >= 15 is 0 Å². The smallest absolute Gasteiger partial charge is 0.422 e. The molecule has 1 aliphatic rings. The van der Waals surface area contributed by atoms with Gasteiger partial charge in [0.25, 0.3) is 5.91 Å². The molecule has 3 aromatic carbocycles. The summed E-state index contributed by atoms with van der Waals surface area (Å²) in [7, 11) is 0. The molecule has 1 aromatic heterocycles. The number of carboxylic acids is 1. The van der Waals surface area contributed by atoms with E-state index < -0.39 is 60.3 Å². The Labute approximate surface area is 296 Å². The van der Waals surface area contributed by atoms with Crippen molar-refractivity contribution in [2.45, 2.75) is 24.6 Å². The molecule has 15 nitrogen and oxygen atoms in total. The van der Waals surface area contributed by atoms with Crippen LogP contribution >= 0.6 is 11.6 Å². The van der Waals surface area contributed by atoms with Crippen LogP contribution in [-0.2, 0) is 19.9 Å². The lowest BCUT2D eigenvalue weighted by Crippen LogP contribution is -2.40. The number of nitriles is 1. The number of aliphatic carboxylic acids is 1. The quantitative estimate of drug-likeness (QED) is 0.0995. The van der Waals surface area contributed by atoms with E-state index in [2.05, 4.69) is 41.2 Å². The fourth-order valence-corrected chi connectivity index (χ4v) is 4.63. The minimum absolute atomic E-state index is 0.0664. The summed E-state index contributed by atoms with van der Waals surface area (Å²) in [4.78, 5) is 64.6. The van der Waals surface area contributed by atoms with Gasteiger partial charge in [-0.1, -0.05) is 23.7 Å². The second-order valence-electron chi connectivity index (χ2n) is 11.1. The Morgan fingerprint density at radius 2 is 1.54 bits per heavy atom. The molecule has 19 heteroatoms. The van der Waals surface area contributed by atoms with Gasteiger partial charge in [-0.25, -0.2) is 9.79 Å². The van der Waals surface area contributed by atoms with Crippen molar-refractivity contribution in [2.24, 2.45) is 4.99 Å². The van der Waals surface area contributed by atoms with Gasteiger partial charge in [0, 0.05) is 22.0 Å². The highest BCUT2D eigenvalue weighted by Gasteiger charge is 2.45. The largest absolute Gasteiger partial charge is 0.477 e. The van der Waals surface area contributed by atoms with Crippen molar-refractivity contribution < 1.29 is 42.2 Å². The van der Waals surface area contributed by atoms with Crippen LogP contribution in [0.1, 0.15) is 34.3 Å². The molecule has 1 fully saturated rings. The minimum atomic E-state index is -4.66. The maximum atomic E-state index is 12.9. The Balaban J connectivity index is 1.25. The van der Waals surface area contributed by atoms with Crippen molar-refractivity contribution in [3.05, 3.63) is 94.5 Å². The number of rotatable bonds is 12. The molecule has 3 amide bonds. The van der Waals surface area contributed by atoms with Crippen LogP contribution in [0, 0.1) is 11.3 Å². The van der Waals surface area contributed by atoms with E-state index in [0.717, 1.165) is 5.56 Å². The molecule has 5 N–H and O–H groups in total. The number of hydrogen-bond acceptors (Lipinski definition) is 11. The summed E-state index contributed by atoms with van der Waals surface area (Å²) in [5.41, 5.74) is 0.264. The molecule has 0 spiro atoms. The Morgan fingerprint density at radius 1 is 0.904 bits per heavy atom. The zero-order valence-electron chi connectivity index (χ0n) is 26.5. The van der Waals surface area contributed by atoms with E-state index in [-0.39, 0.29) is 28.8 Å². The zero-order chi connectivity index (χ0) is 37.5. The van der Waals surface area contributed by atoms with Gasteiger partial charge >= 0.3 is 30.0 Å². The maximum absolute atomic E-state index is 12.9. The van der Waals surface area contributed by atoms with Gasteiger partial charge in [-0.15, -0.1) is 0 Å². The van der Waals surface area contributed by atoms with Crippen molar-refractivity contribution in [1.82, 2.24) is 20.3 Å². The molecule has 5 rings (SSSR count). The van der Waals surface area contributed by atoms with Crippen LogP contribution < -0.4 is 26.0 Å². The Bertz CT molecular complexity index is 2070. The highest BCUT2D eigenvalue weighted by Crippen LogP contribution is 2.48. The summed E-state index contributed by atoms with van der Waals surface area (Å²) < 4.78 is 43.5. The standard InChI is InChI=1S/C33H25ClF3N9O6/c34-21-7-5-20(6-8-21)32(13-14-32)46-30-43-29(44-31(45-30)52-17-33(35,36)37)41-23-11-3-19(4-12-23)25(47)42-24(28(50)51)16-39-26(48)27(49)40-22-9-1-18(15-38)2-10-22/h1-12H,13-14,16-17H2,(H,39,48)(H,40,49)(H,50,51)(H2,41,43,44,45,46). The van der Waals surface area contributed by atoms with Crippen LogP contribution in [0.15, 0.2) is 77.8 Å². The summed E-state index contributed by atoms with van der Waals surface area (Å²) in [5.74, 6) is -5.22. The van der Waals surface area contributed by atoms with E-state index in [4.69, 9.17) is 21.6 Å². The van der Waals surface area contributed by atoms with Crippen molar-refractivity contribution in [1.29, 1.82) is 5.26 Å². The molecule has 0 aliphatic heterocycles. The van der Waals surface area contributed by atoms with Gasteiger partial charge in [-0.05, 0) is 79.1 Å². The summed E-state index contributed by atoms with van der Waals surface area (Å²) in [6, 6.07) is 19.3. The molecule has 0 radical (unpaired) electrons. The molecular formula is C33H25ClF3N9O6. The SMILES string of the molecule is N#Cc1ccc(NC(=O)C(=O)NCC(=NC(=O)c2ccc(Nc3nc(NC4(c5ccc(Cl)cc5)CC4)nc(OCC(F)(F)F)n3)cc2)C(=O)O)cc1. The van der Waals surface area contributed by atoms with E-state index in [1.165, 1.54) is 48.5 Å². The molecule has 52 heavy (non-hydrogen) atoms. The van der Waals surface area contributed by atoms with Crippen molar-refractivity contribution >= 4 is 64.3 Å². The number of aromatic nitrogens is 3. The van der Waals surface area contributed by atoms with Gasteiger partial charge in [0.2, 0.25) is 11.9 Å². The van der Waals surface area contributed by atoms with Crippen LogP contribution in [0.5, 0.6) is 6.01 Å². The number of benzene rings is 3. The highest BCUT2D eigenvalue weighted by atomic mass is 35.5. The Morgan fingerprint density at radius 3 is 2.13 bits per heavy atom. The number of halogens is 4. The highest BCUT2D eigenvalue weighted by molar-refractivity contribution is 6.42. The van der Waals surface area contributed by atoms with Crippen LogP contribution in [0.25, 0.3) is 0 Å². The molecule has 4 aromatic rings. The lowest BCUT2D eigenvalue weighted by Gasteiger charge is -2.19. The molecule has 0 bridgehead atoms. The number of carbonyl (C=O) groups is 4. The number of nitrogens with one attached hydrogen (secondary N) is 4. The predicted molar refractivity (Wildman–Crippen MR) is 179 cm³/mol.